The average Bonchev–Trinajstić information content (AvgIpc) is 3.29. The molecule has 1 aromatic heterocycles. The van der Waals surface area contributed by atoms with Crippen molar-refractivity contribution in [2.24, 2.45) is 0 Å². The summed E-state index contributed by atoms with van der Waals surface area (Å²) in [4.78, 5) is 0. The van der Waals surface area contributed by atoms with E-state index in [1.165, 1.54) is 6.92 Å². The number of aliphatic hydroxyl groups excluding tert-OH is 1. The fourth-order valence-electron chi connectivity index (χ4n) is 4.60. The number of nitrogens with one attached hydrogen (secondary N) is 1. The second kappa shape index (κ2) is 10.3. The van der Waals surface area contributed by atoms with Gasteiger partial charge in [-0.1, -0.05) is 0 Å². The van der Waals surface area contributed by atoms with Crippen LogP contribution >= 0.6 is 0 Å². The summed E-state index contributed by atoms with van der Waals surface area (Å²) >= 11 is 0. The fourth-order valence-corrected chi connectivity index (χ4v) is 4.60. The third kappa shape index (κ3) is 5.46. The number of alkyl halides is 2. The molecule has 0 aliphatic carbocycles. The Morgan fingerprint density at radius 2 is 1.84 bits per heavy atom. The van der Waals surface area contributed by atoms with Gasteiger partial charge in [0.2, 0.25) is 0 Å². The van der Waals surface area contributed by atoms with E-state index in [1.807, 2.05) is 18.2 Å². The molecule has 200 valence electrons. The highest BCUT2D eigenvalue weighted by molar-refractivity contribution is 5.82. The number of benzene rings is 3. The summed E-state index contributed by atoms with van der Waals surface area (Å²) in [6, 6.07) is 13.0. The third-order valence-electron chi connectivity index (χ3n) is 6.51. The van der Waals surface area contributed by atoms with Crippen molar-refractivity contribution in [3.8, 4) is 17.2 Å². The number of aromatic nitrogens is 2. The number of nitrogens with zero attached hydrogens (tertiary/aromatic N) is 2. The average molecular weight is 530 g/mol. The van der Waals surface area contributed by atoms with Crippen LogP contribution in [-0.4, -0.2) is 39.7 Å². The van der Waals surface area contributed by atoms with Crippen LogP contribution in [-0.2, 0) is 6.42 Å². The molecule has 0 saturated carbocycles. The molecule has 0 amide bonds. The van der Waals surface area contributed by atoms with Crippen molar-refractivity contribution >= 4 is 10.9 Å². The maximum absolute atomic E-state index is 14.0. The Kier molecular flexibility index (Phi) is 7.02. The van der Waals surface area contributed by atoms with Crippen molar-refractivity contribution in [2.75, 3.05) is 6.61 Å². The molecule has 0 radical (unpaired) electrons. The Hall–Kier alpha value is -3.63. The lowest BCUT2D eigenvalue weighted by Gasteiger charge is -2.30. The molecule has 4 aromatic rings. The first kappa shape index (κ1) is 26.0. The van der Waals surface area contributed by atoms with Gasteiger partial charge in [0.05, 0.1) is 24.0 Å². The van der Waals surface area contributed by atoms with E-state index in [9.17, 15) is 22.7 Å². The van der Waals surface area contributed by atoms with E-state index < -0.39 is 35.9 Å². The van der Waals surface area contributed by atoms with E-state index in [0.717, 1.165) is 52.9 Å². The van der Waals surface area contributed by atoms with Crippen molar-refractivity contribution < 1.29 is 32.1 Å². The molecule has 3 atom stereocenters. The summed E-state index contributed by atoms with van der Waals surface area (Å²) < 4.78 is 68.8. The highest BCUT2D eigenvalue weighted by Gasteiger charge is 2.35. The Morgan fingerprint density at radius 3 is 2.58 bits per heavy atom. The molecule has 38 heavy (non-hydrogen) atoms. The molecule has 0 spiro atoms. The van der Waals surface area contributed by atoms with Crippen molar-refractivity contribution in [2.45, 2.75) is 51.0 Å². The number of rotatable bonds is 8. The SMILES string of the molecule is C[C@H](NC(O)C(C)(F)F)[C@H](Oc1ccc2c(cnn2-c2ccc3c(c2)CCCO3)c1)c1cc(F)cc(F)c1. The van der Waals surface area contributed by atoms with Gasteiger partial charge in [-0.15, -0.1) is 0 Å². The van der Waals surface area contributed by atoms with Crippen molar-refractivity contribution in [1.29, 1.82) is 0 Å². The van der Waals surface area contributed by atoms with Gasteiger partial charge in [0, 0.05) is 24.4 Å². The molecule has 0 bridgehead atoms. The molecule has 0 fully saturated rings. The van der Waals surface area contributed by atoms with Crippen LogP contribution in [0.5, 0.6) is 11.5 Å². The summed E-state index contributed by atoms with van der Waals surface area (Å²) in [7, 11) is 0. The quantitative estimate of drug-likeness (QED) is 0.226. The van der Waals surface area contributed by atoms with Crippen LogP contribution < -0.4 is 14.8 Å². The molecule has 1 aliphatic heterocycles. The van der Waals surface area contributed by atoms with E-state index in [2.05, 4.69) is 10.4 Å². The predicted octanol–water partition coefficient (Wildman–Crippen LogP) is 5.70. The molecule has 6 nitrogen and oxygen atoms in total. The Bertz CT molecular complexity index is 1430. The minimum absolute atomic E-state index is 0.0844. The number of halogens is 4. The van der Waals surface area contributed by atoms with Crippen LogP contribution in [0.1, 0.15) is 37.5 Å². The van der Waals surface area contributed by atoms with E-state index in [1.54, 1.807) is 29.1 Å². The van der Waals surface area contributed by atoms with Crippen molar-refractivity contribution in [1.82, 2.24) is 15.1 Å². The van der Waals surface area contributed by atoms with Crippen molar-refractivity contribution in [3.05, 3.63) is 83.6 Å². The van der Waals surface area contributed by atoms with Gasteiger partial charge in [0.25, 0.3) is 5.92 Å². The first-order chi connectivity index (χ1) is 18.1. The Morgan fingerprint density at radius 1 is 1.08 bits per heavy atom. The zero-order valence-electron chi connectivity index (χ0n) is 20.8. The van der Waals surface area contributed by atoms with Gasteiger partial charge in [-0.25, -0.2) is 22.2 Å². The fraction of sp³-hybridized carbons (Fsp3) is 0.321. The summed E-state index contributed by atoms with van der Waals surface area (Å²) in [6.07, 6.45) is 0.244. The minimum atomic E-state index is -3.44. The molecular weight excluding hydrogens is 502 g/mol. The topological polar surface area (TPSA) is 68.5 Å². The standard InChI is InChI=1S/C28H27F4N3O3/c1-16(34-27(36)28(2,31)32)26(18-10-20(29)14-21(30)11-18)38-23-6-7-24-19(13-23)15-33-35(24)22-5-8-25-17(12-22)4-3-9-37-25/h5-8,10-16,26-27,34,36H,3-4,9H2,1-2H3/t16-,26-,27?/m0/s1. The van der Waals surface area contributed by atoms with Gasteiger partial charge < -0.3 is 14.6 Å². The highest BCUT2D eigenvalue weighted by atomic mass is 19.3. The molecule has 2 N–H and O–H groups in total. The molecule has 5 rings (SSSR count). The van der Waals surface area contributed by atoms with E-state index in [-0.39, 0.29) is 5.56 Å². The van der Waals surface area contributed by atoms with Crippen LogP contribution in [0.4, 0.5) is 17.6 Å². The number of hydrogen-bond donors (Lipinski definition) is 2. The van der Waals surface area contributed by atoms with Gasteiger partial charge in [-0.2, -0.15) is 5.10 Å². The molecule has 2 heterocycles. The Balaban J connectivity index is 1.45. The number of fused-ring (bicyclic) bond motifs is 2. The zero-order chi connectivity index (χ0) is 27.0. The largest absolute Gasteiger partial charge is 0.493 e. The van der Waals surface area contributed by atoms with Crippen LogP contribution in [0, 0.1) is 11.6 Å². The minimum Gasteiger partial charge on any atom is -0.493 e. The lowest BCUT2D eigenvalue weighted by Crippen LogP contribution is -2.49. The maximum atomic E-state index is 14.0. The second-order valence-corrected chi connectivity index (χ2v) is 9.58. The maximum Gasteiger partial charge on any atom is 0.283 e. The molecule has 1 unspecified atom stereocenters. The first-order valence-electron chi connectivity index (χ1n) is 12.3. The van der Waals surface area contributed by atoms with E-state index >= 15 is 0 Å². The van der Waals surface area contributed by atoms with Gasteiger partial charge in [0.1, 0.15) is 29.2 Å². The highest BCUT2D eigenvalue weighted by Crippen LogP contribution is 2.32. The summed E-state index contributed by atoms with van der Waals surface area (Å²) in [5.74, 6) is -3.91. The molecular formula is C28H27F4N3O3. The number of ether oxygens (including phenoxy) is 2. The van der Waals surface area contributed by atoms with Gasteiger partial charge in [0.15, 0.2) is 6.23 Å². The normalized spacial score (nSPS) is 16.0. The molecule has 10 heteroatoms. The summed E-state index contributed by atoms with van der Waals surface area (Å²) in [5.41, 5.74) is 2.87. The first-order valence-corrected chi connectivity index (χ1v) is 12.3. The monoisotopic (exact) mass is 529 g/mol. The summed E-state index contributed by atoms with van der Waals surface area (Å²) in [5, 5.41) is 17.5. The van der Waals surface area contributed by atoms with E-state index in [4.69, 9.17) is 9.47 Å². The molecule has 3 aromatic carbocycles. The lowest BCUT2D eigenvalue weighted by molar-refractivity contribution is -0.115. The smallest absolute Gasteiger partial charge is 0.283 e. The van der Waals surface area contributed by atoms with Crippen LogP contribution in [0.25, 0.3) is 16.6 Å². The van der Waals surface area contributed by atoms with Crippen LogP contribution in [0.3, 0.4) is 0 Å². The van der Waals surface area contributed by atoms with Gasteiger partial charge in [-0.05, 0) is 79.4 Å². The number of hydrogen-bond acceptors (Lipinski definition) is 5. The van der Waals surface area contributed by atoms with Gasteiger partial charge >= 0.3 is 0 Å². The number of aliphatic hydroxyl groups is 1. The van der Waals surface area contributed by atoms with Crippen molar-refractivity contribution in [3.63, 3.8) is 0 Å². The Labute approximate surface area is 216 Å². The number of aryl methyl sites for hydroxylation is 1. The van der Waals surface area contributed by atoms with E-state index in [0.29, 0.717) is 25.3 Å². The molecule has 1 aliphatic rings. The predicted molar refractivity (Wildman–Crippen MR) is 134 cm³/mol. The van der Waals surface area contributed by atoms with Crippen LogP contribution in [0.2, 0.25) is 0 Å². The zero-order valence-corrected chi connectivity index (χ0v) is 20.8. The van der Waals surface area contributed by atoms with Crippen LogP contribution in [0.15, 0.2) is 60.8 Å². The summed E-state index contributed by atoms with van der Waals surface area (Å²) in [6.45, 7) is 2.76. The lowest BCUT2D eigenvalue weighted by atomic mass is 10.0. The molecule has 0 saturated heterocycles. The third-order valence-corrected chi connectivity index (χ3v) is 6.51. The second-order valence-electron chi connectivity index (χ2n) is 9.58. The van der Waals surface area contributed by atoms with Gasteiger partial charge in [-0.3, -0.25) is 5.32 Å².